The number of fused-ring (bicyclic) bond motifs is 1. The lowest BCUT2D eigenvalue weighted by Gasteiger charge is -2.29. The summed E-state index contributed by atoms with van der Waals surface area (Å²) in [4.78, 5) is 38.4. The summed E-state index contributed by atoms with van der Waals surface area (Å²) in [5.41, 5.74) is 1.56. The first-order chi connectivity index (χ1) is 15.4. The number of nitrogens with zero attached hydrogens (tertiary/aromatic N) is 1. The smallest absolute Gasteiger partial charge is 0.258 e. The zero-order valence-corrected chi connectivity index (χ0v) is 16.6. The lowest BCUT2D eigenvalue weighted by molar-refractivity contribution is -0.115. The maximum absolute atomic E-state index is 13.6. The van der Waals surface area contributed by atoms with E-state index in [2.05, 4.69) is 10.6 Å². The number of anilines is 3. The molecule has 0 saturated heterocycles. The predicted molar refractivity (Wildman–Crippen MR) is 117 cm³/mol. The minimum absolute atomic E-state index is 0.105. The number of halogens is 2. The van der Waals surface area contributed by atoms with Crippen molar-refractivity contribution in [1.29, 1.82) is 0 Å². The molecule has 0 atom stereocenters. The monoisotopic (exact) mass is 433 g/mol. The van der Waals surface area contributed by atoms with Crippen LogP contribution in [-0.4, -0.2) is 24.3 Å². The Morgan fingerprint density at radius 3 is 2.34 bits per heavy atom. The molecule has 8 heteroatoms. The van der Waals surface area contributed by atoms with Crippen LogP contribution in [-0.2, 0) is 9.59 Å². The highest BCUT2D eigenvalue weighted by Gasteiger charge is 2.27. The zero-order valence-electron chi connectivity index (χ0n) is 16.6. The number of nitrogens with one attached hydrogen (secondary N) is 2. The van der Waals surface area contributed by atoms with E-state index in [1.165, 1.54) is 35.2 Å². The van der Waals surface area contributed by atoms with Crippen LogP contribution in [0, 0.1) is 11.6 Å². The number of benzene rings is 3. The molecule has 0 aliphatic carbocycles. The molecule has 0 saturated carbocycles. The van der Waals surface area contributed by atoms with Crippen molar-refractivity contribution in [3.63, 3.8) is 0 Å². The molecule has 1 aliphatic heterocycles. The number of para-hydroxylation sites is 2. The van der Waals surface area contributed by atoms with Crippen molar-refractivity contribution in [2.45, 2.75) is 0 Å². The van der Waals surface area contributed by atoms with Crippen LogP contribution in [0.1, 0.15) is 15.9 Å². The van der Waals surface area contributed by atoms with Crippen molar-refractivity contribution < 1.29 is 23.2 Å². The van der Waals surface area contributed by atoms with Crippen LogP contribution in [0.2, 0.25) is 0 Å². The third-order valence-corrected chi connectivity index (χ3v) is 4.82. The second-order valence-electron chi connectivity index (χ2n) is 6.99. The van der Waals surface area contributed by atoms with Crippen LogP contribution < -0.4 is 15.5 Å². The lowest BCUT2D eigenvalue weighted by atomic mass is 10.1. The summed E-state index contributed by atoms with van der Waals surface area (Å²) in [6.07, 6.45) is 2.07. The highest BCUT2D eigenvalue weighted by atomic mass is 19.1. The molecule has 4 rings (SSSR count). The van der Waals surface area contributed by atoms with Crippen molar-refractivity contribution in [3.8, 4) is 0 Å². The molecule has 0 bridgehead atoms. The van der Waals surface area contributed by atoms with Crippen molar-refractivity contribution in [1.82, 2.24) is 0 Å². The summed E-state index contributed by atoms with van der Waals surface area (Å²) >= 11 is 0. The van der Waals surface area contributed by atoms with Crippen molar-refractivity contribution in [2.24, 2.45) is 0 Å². The van der Waals surface area contributed by atoms with E-state index in [9.17, 15) is 23.2 Å². The number of hydrogen-bond acceptors (Lipinski definition) is 3. The number of amides is 3. The van der Waals surface area contributed by atoms with Gasteiger partial charge in [-0.3, -0.25) is 19.3 Å². The topological polar surface area (TPSA) is 78.5 Å². The second kappa shape index (κ2) is 8.81. The standard InChI is InChI=1S/C24H17F2N3O3/c25-18-4-3-5-19(26)17(18)12-13-22(30)27-16-10-8-15(9-11-16)24(32)29-14-23(31)28-20-6-1-2-7-21(20)29/h1-13H,14H2,(H,27,30)(H,28,31)/b13-12+. The van der Waals surface area contributed by atoms with Crippen LogP contribution in [0.25, 0.3) is 6.08 Å². The molecular weight excluding hydrogens is 416 g/mol. The van der Waals surface area contributed by atoms with E-state index >= 15 is 0 Å². The highest BCUT2D eigenvalue weighted by Crippen LogP contribution is 2.30. The molecule has 32 heavy (non-hydrogen) atoms. The quantitative estimate of drug-likeness (QED) is 0.605. The van der Waals surface area contributed by atoms with Crippen LogP contribution in [0.5, 0.6) is 0 Å². The summed E-state index contributed by atoms with van der Waals surface area (Å²) in [5, 5.41) is 5.28. The minimum atomic E-state index is -0.773. The maximum atomic E-state index is 13.6. The third-order valence-electron chi connectivity index (χ3n) is 4.82. The number of carbonyl (C=O) groups excluding carboxylic acids is 3. The van der Waals surface area contributed by atoms with Gasteiger partial charge in [-0.2, -0.15) is 0 Å². The Morgan fingerprint density at radius 2 is 1.62 bits per heavy atom. The van der Waals surface area contributed by atoms with Gasteiger partial charge in [0.05, 0.1) is 11.4 Å². The van der Waals surface area contributed by atoms with Gasteiger partial charge in [0, 0.05) is 22.9 Å². The van der Waals surface area contributed by atoms with E-state index in [-0.39, 0.29) is 23.9 Å². The first-order valence-electron chi connectivity index (χ1n) is 9.66. The van der Waals surface area contributed by atoms with Crippen LogP contribution in [0.3, 0.4) is 0 Å². The molecule has 3 aromatic carbocycles. The van der Waals surface area contributed by atoms with Gasteiger partial charge in [-0.1, -0.05) is 18.2 Å². The van der Waals surface area contributed by atoms with E-state index in [4.69, 9.17) is 0 Å². The van der Waals surface area contributed by atoms with Gasteiger partial charge in [0.15, 0.2) is 0 Å². The molecule has 2 N–H and O–H groups in total. The largest absolute Gasteiger partial charge is 0.323 e. The van der Waals surface area contributed by atoms with Crippen molar-refractivity contribution >= 4 is 40.9 Å². The second-order valence-corrected chi connectivity index (χ2v) is 6.99. The molecule has 3 aromatic rings. The summed E-state index contributed by atoms with van der Waals surface area (Å²) in [7, 11) is 0. The molecule has 1 aliphatic rings. The van der Waals surface area contributed by atoms with Gasteiger partial charge < -0.3 is 10.6 Å². The van der Waals surface area contributed by atoms with Gasteiger partial charge >= 0.3 is 0 Å². The van der Waals surface area contributed by atoms with Gasteiger partial charge in [-0.05, 0) is 54.6 Å². The number of hydrogen-bond donors (Lipinski definition) is 2. The third kappa shape index (κ3) is 4.39. The zero-order chi connectivity index (χ0) is 22.7. The fourth-order valence-electron chi connectivity index (χ4n) is 3.28. The first-order valence-corrected chi connectivity index (χ1v) is 9.66. The minimum Gasteiger partial charge on any atom is -0.323 e. The molecule has 3 amide bonds. The summed E-state index contributed by atoms with van der Waals surface area (Å²) in [5.74, 6) is -2.79. The Labute approximate surface area is 182 Å². The molecule has 0 aromatic heterocycles. The van der Waals surface area contributed by atoms with Crippen LogP contribution >= 0.6 is 0 Å². The first kappa shape index (κ1) is 20.9. The average Bonchev–Trinajstić information content (AvgIpc) is 2.78. The Bertz CT molecular complexity index is 1220. The molecule has 0 radical (unpaired) electrons. The summed E-state index contributed by atoms with van der Waals surface area (Å²) in [6, 6.07) is 16.5. The molecule has 1 heterocycles. The predicted octanol–water partition coefficient (Wildman–Crippen LogP) is 4.22. The van der Waals surface area contributed by atoms with Crippen LogP contribution in [0.15, 0.2) is 72.8 Å². The van der Waals surface area contributed by atoms with Gasteiger partial charge in [0.25, 0.3) is 5.91 Å². The van der Waals surface area contributed by atoms with Crippen LogP contribution in [0.4, 0.5) is 25.8 Å². The maximum Gasteiger partial charge on any atom is 0.258 e. The molecule has 0 fully saturated rings. The Morgan fingerprint density at radius 1 is 0.938 bits per heavy atom. The molecule has 6 nitrogen and oxygen atoms in total. The van der Waals surface area contributed by atoms with Crippen molar-refractivity contribution in [3.05, 3.63) is 95.6 Å². The Hall–Kier alpha value is -4.33. The van der Waals surface area contributed by atoms with E-state index < -0.39 is 17.5 Å². The lowest BCUT2D eigenvalue weighted by Crippen LogP contribution is -2.42. The number of rotatable bonds is 4. The Kier molecular flexibility index (Phi) is 5.76. The summed E-state index contributed by atoms with van der Waals surface area (Å²) in [6.45, 7) is -0.105. The molecule has 0 unspecified atom stereocenters. The summed E-state index contributed by atoms with van der Waals surface area (Å²) < 4.78 is 27.3. The van der Waals surface area contributed by atoms with E-state index in [1.807, 2.05) is 0 Å². The van der Waals surface area contributed by atoms with Gasteiger partial charge in [-0.25, -0.2) is 8.78 Å². The highest BCUT2D eigenvalue weighted by molar-refractivity contribution is 6.15. The molecule has 160 valence electrons. The SMILES string of the molecule is O=C(/C=C/c1c(F)cccc1F)Nc1ccc(C(=O)N2CC(=O)Nc3ccccc32)cc1. The van der Waals surface area contributed by atoms with Crippen molar-refractivity contribution in [2.75, 3.05) is 22.1 Å². The van der Waals surface area contributed by atoms with E-state index in [0.29, 0.717) is 22.6 Å². The fraction of sp³-hybridized carbons (Fsp3) is 0.0417. The van der Waals surface area contributed by atoms with E-state index in [0.717, 1.165) is 24.3 Å². The average molecular weight is 433 g/mol. The normalized spacial score (nSPS) is 12.9. The van der Waals surface area contributed by atoms with E-state index in [1.54, 1.807) is 24.3 Å². The fourth-order valence-corrected chi connectivity index (χ4v) is 3.28. The molecular formula is C24H17F2N3O3. The van der Waals surface area contributed by atoms with Gasteiger partial charge in [0.2, 0.25) is 11.8 Å². The number of carbonyl (C=O) groups is 3. The van der Waals surface area contributed by atoms with Gasteiger partial charge in [0.1, 0.15) is 18.2 Å². The molecule has 0 spiro atoms. The Balaban J connectivity index is 1.45. The van der Waals surface area contributed by atoms with Gasteiger partial charge in [-0.15, -0.1) is 0 Å².